The summed E-state index contributed by atoms with van der Waals surface area (Å²) in [6, 6.07) is 12.6. The maximum Gasteiger partial charge on any atom is 0.305 e. The van der Waals surface area contributed by atoms with Crippen LogP contribution < -0.4 is 21.7 Å². The van der Waals surface area contributed by atoms with Crippen molar-refractivity contribution in [2.45, 2.75) is 18.5 Å². The van der Waals surface area contributed by atoms with Crippen molar-refractivity contribution >= 4 is 11.8 Å². The Morgan fingerprint density at radius 2 is 1.86 bits per heavy atom. The van der Waals surface area contributed by atoms with Gasteiger partial charge in [0.15, 0.2) is 5.76 Å². The first kappa shape index (κ1) is 14.3. The molecule has 1 fully saturated rings. The van der Waals surface area contributed by atoms with Crippen LogP contribution in [-0.4, -0.2) is 17.9 Å². The second-order valence-electron chi connectivity index (χ2n) is 4.96. The predicted octanol–water partition coefficient (Wildman–Crippen LogP) is 0.648. The zero-order valence-corrected chi connectivity index (χ0v) is 11.7. The summed E-state index contributed by atoms with van der Waals surface area (Å²) in [5, 5.41) is 0. The Morgan fingerprint density at radius 1 is 1.05 bits per heavy atom. The van der Waals surface area contributed by atoms with E-state index in [1.807, 2.05) is 30.3 Å². The number of hydrogen-bond donors (Lipinski definition) is 4. The molecular weight excluding hydrogens is 284 g/mol. The molecule has 22 heavy (non-hydrogen) atoms. The number of amides is 2. The summed E-state index contributed by atoms with van der Waals surface area (Å²) in [6.45, 7) is 0. The summed E-state index contributed by atoms with van der Waals surface area (Å²) in [4.78, 5) is 23.7. The molecule has 0 saturated carbocycles. The molecule has 2 atom stereocenters. The van der Waals surface area contributed by atoms with Crippen LogP contribution in [0, 0.1) is 0 Å². The Balaban J connectivity index is 1.50. The molecule has 1 aromatic heterocycles. The third kappa shape index (κ3) is 3.16. The average molecular weight is 300 g/mol. The summed E-state index contributed by atoms with van der Waals surface area (Å²) in [6.07, 6.45) is 1.98. The van der Waals surface area contributed by atoms with Crippen molar-refractivity contribution < 1.29 is 14.0 Å². The van der Waals surface area contributed by atoms with Gasteiger partial charge >= 0.3 is 5.91 Å². The highest BCUT2D eigenvalue weighted by atomic mass is 16.3. The first-order chi connectivity index (χ1) is 10.7. The van der Waals surface area contributed by atoms with E-state index >= 15 is 0 Å². The topological polar surface area (TPSA) is 95.4 Å². The van der Waals surface area contributed by atoms with Gasteiger partial charge in [0.25, 0.3) is 5.91 Å². The second-order valence-corrected chi connectivity index (χ2v) is 4.96. The van der Waals surface area contributed by atoms with Gasteiger partial charge in [0.2, 0.25) is 0 Å². The van der Waals surface area contributed by atoms with Crippen molar-refractivity contribution in [3.63, 3.8) is 0 Å². The standard InChI is InChI=1S/C15H16N4O3/c20-14(18-19-15(21)13-7-4-8-22-13)12-9-11(16-17-12)10-5-2-1-3-6-10/h1-8,11-12,16-17H,9H2,(H,18,20)(H,19,21). The molecule has 114 valence electrons. The zero-order chi connectivity index (χ0) is 15.4. The van der Waals surface area contributed by atoms with E-state index in [-0.39, 0.29) is 17.7 Å². The van der Waals surface area contributed by atoms with Gasteiger partial charge in [0, 0.05) is 6.04 Å². The van der Waals surface area contributed by atoms with Crippen molar-refractivity contribution in [3.05, 3.63) is 60.1 Å². The Labute approximate surface area is 127 Å². The van der Waals surface area contributed by atoms with Gasteiger partial charge in [-0.1, -0.05) is 30.3 Å². The molecule has 1 aromatic carbocycles. The van der Waals surface area contributed by atoms with Crippen LogP contribution in [0.3, 0.4) is 0 Å². The second kappa shape index (κ2) is 6.42. The molecule has 0 bridgehead atoms. The van der Waals surface area contributed by atoms with Gasteiger partial charge in [-0.25, -0.2) is 10.9 Å². The number of hydrazine groups is 2. The number of carbonyl (C=O) groups excluding carboxylic acids is 2. The zero-order valence-electron chi connectivity index (χ0n) is 11.7. The van der Waals surface area contributed by atoms with E-state index in [2.05, 4.69) is 21.7 Å². The summed E-state index contributed by atoms with van der Waals surface area (Å²) >= 11 is 0. The van der Waals surface area contributed by atoms with Gasteiger partial charge in [0.05, 0.1) is 6.26 Å². The van der Waals surface area contributed by atoms with Crippen LogP contribution in [0.5, 0.6) is 0 Å². The van der Waals surface area contributed by atoms with Crippen molar-refractivity contribution in [1.29, 1.82) is 0 Å². The molecule has 7 heteroatoms. The molecule has 0 spiro atoms. The predicted molar refractivity (Wildman–Crippen MR) is 78.2 cm³/mol. The lowest BCUT2D eigenvalue weighted by Gasteiger charge is -2.11. The minimum Gasteiger partial charge on any atom is -0.459 e. The normalized spacial score (nSPS) is 20.5. The van der Waals surface area contributed by atoms with Crippen LogP contribution in [0.1, 0.15) is 28.6 Å². The highest BCUT2D eigenvalue weighted by molar-refractivity contribution is 5.93. The van der Waals surface area contributed by atoms with E-state index in [0.717, 1.165) is 5.56 Å². The summed E-state index contributed by atoms with van der Waals surface area (Å²) < 4.78 is 4.94. The van der Waals surface area contributed by atoms with E-state index < -0.39 is 11.9 Å². The number of carbonyl (C=O) groups is 2. The van der Waals surface area contributed by atoms with Crippen molar-refractivity contribution in [2.24, 2.45) is 0 Å². The number of benzene rings is 1. The van der Waals surface area contributed by atoms with E-state index in [1.165, 1.54) is 12.3 Å². The molecule has 4 N–H and O–H groups in total. The Bertz CT molecular complexity index is 642. The van der Waals surface area contributed by atoms with Crippen LogP contribution in [0.2, 0.25) is 0 Å². The lowest BCUT2D eigenvalue weighted by molar-refractivity contribution is -0.123. The molecule has 1 aliphatic rings. The molecule has 2 aromatic rings. The molecule has 1 aliphatic heterocycles. The minimum atomic E-state index is -0.496. The Kier molecular flexibility index (Phi) is 4.17. The van der Waals surface area contributed by atoms with Crippen molar-refractivity contribution in [1.82, 2.24) is 21.7 Å². The van der Waals surface area contributed by atoms with Gasteiger partial charge < -0.3 is 4.42 Å². The van der Waals surface area contributed by atoms with Crippen LogP contribution in [0.25, 0.3) is 0 Å². The Morgan fingerprint density at radius 3 is 2.59 bits per heavy atom. The van der Waals surface area contributed by atoms with Crippen LogP contribution >= 0.6 is 0 Å². The number of rotatable bonds is 3. The smallest absolute Gasteiger partial charge is 0.305 e. The van der Waals surface area contributed by atoms with E-state index in [1.54, 1.807) is 6.07 Å². The van der Waals surface area contributed by atoms with E-state index in [0.29, 0.717) is 6.42 Å². The van der Waals surface area contributed by atoms with Gasteiger partial charge in [-0.15, -0.1) is 0 Å². The molecule has 3 rings (SSSR count). The first-order valence-corrected chi connectivity index (χ1v) is 6.94. The molecule has 2 heterocycles. The SMILES string of the molecule is O=C(NNC(=O)C1CC(c2ccccc2)NN1)c1ccco1. The highest BCUT2D eigenvalue weighted by Gasteiger charge is 2.30. The maximum absolute atomic E-state index is 12.0. The first-order valence-electron chi connectivity index (χ1n) is 6.94. The molecule has 2 amide bonds. The molecule has 0 radical (unpaired) electrons. The van der Waals surface area contributed by atoms with Gasteiger partial charge in [-0.3, -0.25) is 20.4 Å². The molecule has 1 saturated heterocycles. The number of nitrogens with one attached hydrogen (secondary N) is 4. The number of furan rings is 1. The van der Waals surface area contributed by atoms with Gasteiger partial charge in [-0.05, 0) is 24.1 Å². The van der Waals surface area contributed by atoms with Gasteiger partial charge in [0.1, 0.15) is 6.04 Å². The molecule has 2 unspecified atom stereocenters. The van der Waals surface area contributed by atoms with E-state index in [9.17, 15) is 9.59 Å². The minimum absolute atomic E-state index is 0.0534. The average Bonchev–Trinajstić information content (AvgIpc) is 3.24. The molecule has 0 aliphatic carbocycles. The fourth-order valence-corrected chi connectivity index (χ4v) is 2.31. The molecular formula is C15H16N4O3. The number of hydrogen-bond acceptors (Lipinski definition) is 5. The van der Waals surface area contributed by atoms with Gasteiger partial charge in [-0.2, -0.15) is 0 Å². The van der Waals surface area contributed by atoms with Crippen LogP contribution in [0.4, 0.5) is 0 Å². The van der Waals surface area contributed by atoms with Crippen molar-refractivity contribution in [2.75, 3.05) is 0 Å². The third-order valence-electron chi connectivity index (χ3n) is 3.47. The quantitative estimate of drug-likeness (QED) is 0.624. The van der Waals surface area contributed by atoms with Crippen LogP contribution in [0.15, 0.2) is 53.1 Å². The molecule has 7 nitrogen and oxygen atoms in total. The Hall–Kier alpha value is -2.64. The largest absolute Gasteiger partial charge is 0.459 e. The van der Waals surface area contributed by atoms with Crippen LogP contribution in [-0.2, 0) is 4.79 Å². The highest BCUT2D eigenvalue weighted by Crippen LogP contribution is 2.21. The fraction of sp³-hybridized carbons (Fsp3) is 0.200. The summed E-state index contributed by atoms with van der Waals surface area (Å²) in [5.41, 5.74) is 11.8. The fourth-order valence-electron chi connectivity index (χ4n) is 2.31. The summed E-state index contributed by atoms with van der Waals surface area (Å²) in [7, 11) is 0. The lowest BCUT2D eigenvalue weighted by atomic mass is 10.0. The maximum atomic E-state index is 12.0. The third-order valence-corrected chi connectivity index (χ3v) is 3.47. The monoisotopic (exact) mass is 300 g/mol. The van der Waals surface area contributed by atoms with E-state index in [4.69, 9.17) is 4.42 Å². The lowest BCUT2D eigenvalue weighted by Crippen LogP contribution is -2.50. The van der Waals surface area contributed by atoms with Crippen molar-refractivity contribution in [3.8, 4) is 0 Å². The summed E-state index contributed by atoms with van der Waals surface area (Å²) in [5.74, 6) is -0.672.